The van der Waals surface area contributed by atoms with Gasteiger partial charge < -0.3 is 15.4 Å². The quantitative estimate of drug-likeness (QED) is 0.454. The van der Waals surface area contributed by atoms with Crippen molar-refractivity contribution in [3.63, 3.8) is 0 Å². The summed E-state index contributed by atoms with van der Waals surface area (Å²) in [4.78, 5) is 33.4. The molecule has 3 rings (SSSR count). The third kappa shape index (κ3) is 4.48. The first-order valence-corrected chi connectivity index (χ1v) is 9.45. The third-order valence-corrected chi connectivity index (χ3v) is 4.94. The van der Waals surface area contributed by atoms with Crippen molar-refractivity contribution in [2.24, 2.45) is 0 Å². The van der Waals surface area contributed by atoms with Crippen LogP contribution in [-0.4, -0.2) is 34.8 Å². The fourth-order valence-electron chi connectivity index (χ4n) is 2.88. The van der Waals surface area contributed by atoms with Crippen LogP contribution in [-0.2, 0) is 9.53 Å². The highest BCUT2D eigenvalue weighted by atomic mass is 32.2. The number of hydrogen-bond acceptors (Lipinski definition) is 6. The number of hydrogen-bond donors (Lipinski definition) is 2. The van der Waals surface area contributed by atoms with Gasteiger partial charge in [0.1, 0.15) is 5.82 Å². The van der Waals surface area contributed by atoms with E-state index >= 15 is 0 Å². The number of ether oxygens (including phenoxy) is 1. The molecule has 0 fully saturated rings. The Hall–Kier alpha value is -2.94. The largest absolute Gasteiger partial charge is 0.466 e. The van der Waals surface area contributed by atoms with Gasteiger partial charge in [-0.15, -0.1) is 0 Å². The van der Waals surface area contributed by atoms with E-state index in [9.17, 15) is 14.0 Å². The summed E-state index contributed by atoms with van der Waals surface area (Å²) >= 11 is 1.30. The van der Waals surface area contributed by atoms with Crippen molar-refractivity contribution in [1.29, 1.82) is 0 Å². The number of esters is 1. The summed E-state index contributed by atoms with van der Waals surface area (Å²) in [6.45, 7) is 3.74. The lowest BCUT2D eigenvalue weighted by atomic mass is 9.95. The van der Waals surface area contributed by atoms with Crippen molar-refractivity contribution in [2.45, 2.75) is 25.0 Å². The van der Waals surface area contributed by atoms with Gasteiger partial charge in [0, 0.05) is 22.8 Å². The van der Waals surface area contributed by atoms with Gasteiger partial charge in [-0.2, -0.15) is 0 Å². The predicted molar refractivity (Wildman–Crippen MR) is 102 cm³/mol. The van der Waals surface area contributed by atoms with Crippen LogP contribution in [0.2, 0.25) is 0 Å². The Bertz CT molecular complexity index is 926. The molecule has 0 saturated heterocycles. The first-order chi connectivity index (χ1) is 13.4. The molecule has 1 aliphatic rings. The average molecular weight is 402 g/mol. The molecule has 1 aliphatic heterocycles. The molecule has 2 amide bonds. The van der Waals surface area contributed by atoms with E-state index in [1.54, 1.807) is 0 Å². The molecule has 1 atom stereocenters. The van der Waals surface area contributed by atoms with Crippen molar-refractivity contribution < 1.29 is 18.7 Å². The topological polar surface area (TPSA) is 93.2 Å². The minimum Gasteiger partial charge on any atom is -0.466 e. The minimum absolute atomic E-state index is 0.255. The number of amides is 2. The van der Waals surface area contributed by atoms with Crippen LogP contribution < -0.4 is 10.6 Å². The fourth-order valence-corrected chi connectivity index (χ4v) is 3.80. The molecule has 1 aromatic carbocycles. The standard InChI is InChI=1S/C19H19FN4O3S/c1-10-8-11(2)22-19(21-10)28-9-14-15(17(25)27-3)16(24-18(26)23-14)12-4-6-13(20)7-5-12/h4-8,16H,9H2,1-3H3,(H2,23,24,26)/t16-/m1/s1. The Balaban J connectivity index is 1.96. The van der Waals surface area contributed by atoms with Crippen molar-refractivity contribution >= 4 is 23.8 Å². The molecule has 0 bridgehead atoms. The number of nitrogens with one attached hydrogen (secondary N) is 2. The molecule has 0 aliphatic carbocycles. The zero-order valence-corrected chi connectivity index (χ0v) is 16.4. The zero-order chi connectivity index (χ0) is 20.3. The minimum atomic E-state index is -0.752. The molecular weight excluding hydrogens is 383 g/mol. The normalized spacial score (nSPS) is 16.4. The summed E-state index contributed by atoms with van der Waals surface area (Å²) in [5.41, 5.74) is 2.89. The van der Waals surface area contributed by atoms with Crippen LogP contribution in [0.15, 0.2) is 46.8 Å². The molecule has 0 spiro atoms. The first-order valence-electron chi connectivity index (χ1n) is 8.47. The van der Waals surface area contributed by atoms with Gasteiger partial charge in [-0.05, 0) is 37.6 Å². The molecule has 146 valence electrons. The number of aryl methyl sites for hydroxylation is 2. The van der Waals surface area contributed by atoms with Crippen molar-refractivity contribution in [1.82, 2.24) is 20.6 Å². The number of nitrogens with zero attached hydrogens (tertiary/aromatic N) is 2. The fraction of sp³-hybridized carbons (Fsp3) is 0.263. The Kier molecular flexibility index (Phi) is 5.93. The van der Waals surface area contributed by atoms with Gasteiger partial charge in [-0.3, -0.25) is 0 Å². The number of methoxy groups -OCH3 is 1. The van der Waals surface area contributed by atoms with E-state index in [1.807, 2.05) is 19.9 Å². The number of thioether (sulfide) groups is 1. The van der Waals surface area contributed by atoms with Crippen LogP contribution in [0.4, 0.5) is 9.18 Å². The molecular formula is C19H19FN4O3S. The van der Waals surface area contributed by atoms with E-state index < -0.39 is 23.9 Å². The lowest BCUT2D eigenvalue weighted by Crippen LogP contribution is -2.46. The van der Waals surface area contributed by atoms with Crippen LogP contribution >= 0.6 is 11.8 Å². The number of carbonyl (C=O) groups is 2. The second-order valence-corrected chi connectivity index (χ2v) is 7.13. The number of urea groups is 1. The lowest BCUT2D eigenvalue weighted by Gasteiger charge is -2.29. The summed E-state index contributed by atoms with van der Waals surface area (Å²) < 4.78 is 18.2. The van der Waals surface area contributed by atoms with Crippen molar-refractivity contribution in [2.75, 3.05) is 12.9 Å². The summed E-state index contributed by atoms with van der Waals surface area (Å²) in [6, 6.07) is 6.24. The van der Waals surface area contributed by atoms with Gasteiger partial charge in [0.25, 0.3) is 0 Å². The summed E-state index contributed by atoms with van der Waals surface area (Å²) in [6.07, 6.45) is 0. The average Bonchev–Trinajstić information content (AvgIpc) is 2.65. The van der Waals surface area contributed by atoms with Gasteiger partial charge >= 0.3 is 12.0 Å². The van der Waals surface area contributed by atoms with E-state index in [1.165, 1.54) is 43.1 Å². The Morgan fingerprint density at radius 1 is 1.21 bits per heavy atom. The van der Waals surface area contributed by atoms with Crippen molar-refractivity contribution in [3.8, 4) is 0 Å². The second-order valence-electron chi connectivity index (χ2n) is 6.19. The first kappa shape index (κ1) is 19.8. The van der Waals surface area contributed by atoms with Gasteiger partial charge in [0.2, 0.25) is 0 Å². The highest BCUT2D eigenvalue weighted by molar-refractivity contribution is 7.99. The maximum atomic E-state index is 13.3. The molecule has 9 heteroatoms. The molecule has 2 aromatic rings. The van der Waals surface area contributed by atoms with Crippen LogP contribution in [0.25, 0.3) is 0 Å². The van der Waals surface area contributed by atoms with E-state index in [-0.39, 0.29) is 11.3 Å². The number of benzene rings is 1. The molecule has 1 aromatic heterocycles. The second kappa shape index (κ2) is 8.39. The van der Waals surface area contributed by atoms with Gasteiger partial charge in [-0.25, -0.2) is 23.9 Å². The van der Waals surface area contributed by atoms with E-state index in [2.05, 4.69) is 20.6 Å². The lowest BCUT2D eigenvalue weighted by molar-refractivity contribution is -0.136. The summed E-state index contributed by atoms with van der Waals surface area (Å²) in [5, 5.41) is 5.90. The highest BCUT2D eigenvalue weighted by Gasteiger charge is 2.33. The summed E-state index contributed by atoms with van der Waals surface area (Å²) in [5.74, 6) is -0.729. The van der Waals surface area contributed by atoms with Gasteiger partial charge in [0.05, 0.1) is 18.7 Å². The predicted octanol–water partition coefficient (Wildman–Crippen LogP) is 2.81. The van der Waals surface area contributed by atoms with Crippen LogP contribution in [0, 0.1) is 19.7 Å². The maximum Gasteiger partial charge on any atom is 0.338 e. The molecule has 7 nitrogen and oxygen atoms in total. The Morgan fingerprint density at radius 3 is 2.46 bits per heavy atom. The number of carbonyl (C=O) groups excluding carboxylic acids is 2. The van der Waals surface area contributed by atoms with Crippen molar-refractivity contribution in [3.05, 3.63) is 64.4 Å². The Labute approximate surface area is 165 Å². The number of rotatable bonds is 5. The molecule has 2 heterocycles. The van der Waals surface area contributed by atoms with E-state index in [4.69, 9.17) is 4.74 Å². The van der Waals surface area contributed by atoms with Gasteiger partial charge in [-0.1, -0.05) is 23.9 Å². The SMILES string of the molecule is COC(=O)C1=C(CSc2nc(C)cc(C)n2)NC(=O)N[C@@H]1c1ccc(F)cc1. The molecule has 2 N–H and O–H groups in total. The maximum absolute atomic E-state index is 13.3. The number of aromatic nitrogens is 2. The molecule has 28 heavy (non-hydrogen) atoms. The summed E-state index contributed by atoms with van der Waals surface area (Å²) in [7, 11) is 1.27. The van der Waals surface area contributed by atoms with E-state index in [0.717, 1.165) is 11.4 Å². The highest BCUT2D eigenvalue weighted by Crippen LogP contribution is 2.30. The third-order valence-electron chi connectivity index (χ3n) is 4.07. The van der Waals surface area contributed by atoms with Crippen LogP contribution in [0.1, 0.15) is 23.0 Å². The van der Waals surface area contributed by atoms with E-state index in [0.29, 0.717) is 16.4 Å². The Morgan fingerprint density at radius 2 is 1.86 bits per heavy atom. The monoisotopic (exact) mass is 402 g/mol. The molecule has 0 saturated carbocycles. The molecule has 0 unspecified atom stereocenters. The van der Waals surface area contributed by atoms with Crippen LogP contribution in [0.3, 0.4) is 0 Å². The van der Waals surface area contributed by atoms with Crippen LogP contribution in [0.5, 0.6) is 0 Å². The smallest absolute Gasteiger partial charge is 0.338 e. The molecule has 0 radical (unpaired) electrons. The zero-order valence-electron chi connectivity index (χ0n) is 15.6. The van der Waals surface area contributed by atoms with Gasteiger partial charge in [0.15, 0.2) is 5.16 Å². The number of halogens is 1.